The summed E-state index contributed by atoms with van der Waals surface area (Å²) in [5, 5.41) is 17.3. The number of hydrogen-bond donors (Lipinski definition) is 2. The summed E-state index contributed by atoms with van der Waals surface area (Å²) in [6.07, 6.45) is 3.04. The maximum atomic E-state index is 10.7. The number of carbonyl (C=O) groups is 2. The van der Waals surface area contributed by atoms with Gasteiger partial charge in [-0.2, -0.15) is 0 Å². The van der Waals surface area contributed by atoms with Gasteiger partial charge >= 0.3 is 11.9 Å². The van der Waals surface area contributed by atoms with E-state index in [4.69, 9.17) is 10.2 Å². The zero-order valence-electron chi connectivity index (χ0n) is 9.40. The lowest BCUT2D eigenvalue weighted by Gasteiger charge is -2.10. The van der Waals surface area contributed by atoms with Crippen LogP contribution in [0.2, 0.25) is 0 Å². The van der Waals surface area contributed by atoms with Crippen molar-refractivity contribution in [2.24, 2.45) is 11.8 Å². The average molecular weight is 216 g/mol. The Labute approximate surface area is 90.3 Å². The van der Waals surface area contributed by atoms with Crippen LogP contribution in [0.4, 0.5) is 0 Å². The van der Waals surface area contributed by atoms with Crippen LogP contribution in [0.15, 0.2) is 0 Å². The minimum Gasteiger partial charge on any atom is -0.481 e. The van der Waals surface area contributed by atoms with Gasteiger partial charge in [0.05, 0.1) is 12.3 Å². The summed E-state index contributed by atoms with van der Waals surface area (Å²) in [4.78, 5) is 21.1. The normalized spacial score (nSPS) is 12.7. The van der Waals surface area contributed by atoms with Gasteiger partial charge in [-0.05, 0) is 12.3 Å². The molecule has 0 bridgehead atoms. The van der Waals surface area contributed by atoms with E-state index in [9.17, 15) is 9.59 Å². The smallest absolute Gasteiger partial charge is 0.307 e. The van der Waals surface area contributed by atoms with Gasteiger partial charge < -0.3 is 10.2 Å². The molecule has 1 atom stereocenters. The van der Waals surface area contributed by atoms with Crippen molar-refractivity contribution in [2.45, 2.75) is 46.0 Å². The Balaban J connectivity index is 3.77. The van der Waals surface area contributed by atoms with E-state index in [0.717, 1.165) is 19.3 Å². The summed E-state index contributed by atoms with van der Waals surface area (Å²) in [5.74, 6) is -2.14. The molecule has 0 heterocycles. The van der Waals surface area contributed by atoms with Gasteiger partial charge in [-0.15, -0.1) is 0 Å². The van der Waals surface area contributed by atoms with Gasteiger partial charge in [0.25, 0.3) is 0 Å². The third kappa shape index (κ3) is 7.97. The van der Waals surface area contributed by atoms with E-state index in [1.165, 1.54) is 0 Å². The van der Waals surface area contributed by atoms with Crippen molar-refractivity contribution in [3.63, 3.8) is 0 Å². The van der Waals surface area contributed by atoms with Gasteiger partial charge in [0.15, 0.2) is 0 Å². The molecule has 0 rings (SSSR count). The number of rotatable bonds is 8. The van der Waals surface area contributed by atoms with Crippen LogP contribution in [-0.2, 0) is 9.59 Å². The first kappa shape index (κ1) is 13.9. The Kier molecular flexibility index (Phi) is 6.75. The molecule has 1 unspecified atom stereocenters. The molecule has 0 aliphatic rings. The van der Waals surface area contributed by atoms with Crippen molar-refractivity contribution in [3.05, 3.63) is 0 Å². The van der Waals surface area contributed by atoms with Crippen LogP contribution < -0.4 is 0 Å². The van der Waals surface area contributed by atoms with Crippen molar-refractivity contribution in [1.29, 1.82) is 0 Å². The maximum Gasteiger partial charge on any atom is 0.307 e. The molecule has 0 aromatic carbocycles. The Bertz CT molecular complexity index is 211. The van der Waals surface area contributed by atoms with E-state index < -0.39 is 17.9 Å². The van der Waals surface area contributed by atoms with Crippen LogP contribution in [0.25, 0.3) is 0 Å². The van der Waals surface area contributed by atoms with Crippen molar-refractivity contribution in [3.8, 4) is 0 Å². The Morgan fingerprint density at radius 3 is 2.00 bits per heavy atom. The summed E-state index contributed by atoms with van der Waals surface area (Å²) < 4.78 is 0. The number of hydrogen-bond acceptors (Lipinski definition) is 2. The fourth-order valence-corrected chi connectivity index (χ4v) is 1.47. The van der Waals surface area contributed by atoms with E-state index >= 15 is 0 Å². The molecule has 0 aromatic heterocycles. The van der Waals surface area contributed by atoms with Gasteiger partial charge in [0.1, 0.15) is 0 Å². The number of carboxylic acids is 2. The standard InChI is InChI=1S/C11H20O4/c1-8(2)5-3-4-6-9(11(14)15)7-10(12)13/h8-9H,3-7H2,1-2H3,(H,12,13)(H,14,15). The summed E-state index contributed by atoms with van der Waals surface area (Å²) in [6, 6.07) is 0. The van der Waals surface area contributed by atoms with Gasteiger partial charge in [-0.1, -0.05) is 33.1 Å². The predicted molar refractivity (Wildman–Crippen MR) is 56.7 cm³/mol. The highest BCUT2D eigenvalue weighted by Crippen LogP contribution is 2.16. The molecule has 0 aliphatic heterocycles. The molecule has 0 amide bonds. The average Bonchev–Trinajstić information content (AvgIpc) is 2.08. The van der Waals surface area contributed by atoms with Crippen molar-refractivity contribution >= 4 is 11.9 Å². The quantitative estimate of drug-likeness (QED) is 0.611. The van der Waals surface area contributed by atoms with Crippen molar-refractivity contribution < 1.29 is 19.8 Å². The Hall–Kier alpha value is -1.06. The molecule has 0 radical (unpaired) electrons. The van der Waals surface area contributed by atoms with E-state index in [1.807, 2.05) is 0 Å². The van der Waals surface area contributed by atoms with Crippen LogP contribution >= 0.6 is 0 Å². The SMILES string of the molecule is CC(C)CCCCC(CC(=O)O)C(=O)O. The molecule has 15 heavy (non-hydrogen) atoms. The number of carboxylic acid groups (broad SMARTS) is 2. The molecule has 0 saturated heterocycles. The molecule has 4 nitrogen and oxygen atoms in total. The van der Waals surface area contributed by atoms with Crippen LogP contribution in [0.3, 0.4) is 0 Å². The monoisotopic (exact) mass is 216 g/mol. The topological polar surface area (TPSA) is 74.6 Å². The minimum absolute atomic E-state index is 0.267. The van der Waals surface area contributed by atoms with Crippen LogP contribution in [0, 0.1) is 11.8 Å². The predicted octanol–water partition coefficient (Wildman–Crippen LogP) is 2.38. The molecule has 4 heteroatoms. The molecular formula is C11H20O4. The molecule has 0 saturated carbocycles. The number of unbranched alkanes of at least 4 members (excludes halogenated alkanes) is 1. The van der Waals surface area contributed by atoms with Crippen molar-refractivity contribution in [2.75, 3.05) is 0 Å². The third-order valence-electron chi connectivity index (χ3n) is 2.35. The highest BCUT2D eigenvalue weighted by molar-refractivity contribution is 5.77. The van der Waals surface area contributed by atoms with E-state index in [1.54, 1.807) is 0 Å². The van der Waals surface area contributed by atoms with E-state index in [2.05, 4.69) is 13.8 Å². The zero-order chi connectivity index (χ0) is 11.8. The largest absolute Gasteiger partial charge is 0.481 e. The van der Waals surface area contributed by atoms with Gasteiger partial charge in [0.2, 0.25) is 0 Å². The second-order valence-corrected chi connectivity index (χ2v) is 4.31. The van der Waals surface area contributed by atoms with Crippen LogP contribution in [0.1, 0.15) is 46.0 Å². The highest BCUT2D eigenvalue weighted by atomic mass is 16.4. The zero-order valence-corrected chi connectivity index (χ0v) is 9.40. The second-order valence-electron chi connectivity index (χ2n) is 4.31. The Morgan fingerprint density at radius 2 is 1.60 bits per heavy atom. The summed E-state index contributed by atoms with van der Waals surface area (Å²) in [7, 11) is 0. The van der Waals surface area contributed by atoms with Crippen LogP contribution in [0.5, 0.6) is 0 Å². The summed E-state index contributed by atoms with van der Waals surface area (Å²) in [6.45, 7) is 4.23. The first-order chi connectivity index (χ1) is 6.93. The summed E-state index contributed by atoms with van der Waals surface area (Å²) in [5.41, 5.74) is 0. The van der Waals surface area contributed by atoms with Gasteiger partial charge in [0, 0.05) is 0 Å². The fourth-order valence-electron chi connectivity index (χ4n) is 1.47. The molecule has 2 N–H and O–H groups in total. The third-order valence-corrected chi connectivity index (χ3v) is 2.35. The highest BCUT2D eigenvalue weighted by Gasteiger charge is 2.20. The molecule has 0 aromatic rings. The van der Waals surface area contributed by atoms with Gasteiger partial charge in [-0.3, -0.25) is 9.59 Å². The second kappa shape index (κ2) is 7.26. The summed E-state index contributed by atoms with van der Waals surface area (Å²) >= 11 is 0. The Morgan fingerprint density at radius 1 is 1.07 bits per heavy atom. The first-order valence-electron chi connectivity index (χ1n) is 5.38. The van der Waals surface area contributed by atoms with Gasteiger partial charge in [-0.25, -0.2) is 0 Å². The molecule has 88 valence electrons. The lowest BCUT2D eigenvalue weighted by Crippen LogP contribution is -2.17. The molecule has 0 fully saturated rings. The molecule has 0 spiro atoms. The lowest BCUT2D eigenvalue weighted by atomic mass is 9.96. The lowest BCUT2D eigenvalue weighted by molar-refractivity contribution is -0.148. The van der Waals surface area contributed by atoms with Crippen LogP contribution in [-0.4, -0.2) is 22.2 Å². The minimum atomic E-state index is -1.04. The fraction of sp³-hybridized carbons (Fsp3) is 0.818. The van der Waals surface area contributed by atoms with Crippen molar-refractivity contribution in [1.82, 2.24) is 0 Å². The molecular weight excluding hydrogens is 196 g/mol. The van der Waals surface area contributed by atoms with E-state index in [-0.39, 0.29) is 6.42 Å². The molecule has 0 aliphatic carbocycles. The number of aliphatic carboxylic acids is 2. The van der Waals surface area contributed by atoms with E-state index in [0.29, 0.717) is 12.3 Å². The first-order valence-corrected chi connectivity index (χ1v) is 5.38. The maximum absolute atomic E-state index is 10.7.